The molecular formula is C15H21F2N3O2. The summed E-state index contributed by atoms with van der Waals surface area (Å²) in [6, 6.07) is 2.10. The largest absolute Gasteiger partial charge is 0.494 e. The summed E-state index contributed by atoms with van der Waals surface area (Å²) in [5, 5.41) is 2.57. The van der Waals surface area contributed by atoms with Gasteiger partial charge < -0.3 is 10.1 Å². The molecule has 1 saturated heterocycles. The molecule has 0 aromatic heterocycles. The van der Waals surface area contributed by atoms with Crippen LogP contribution in [0.1, 0.15) is 25.8 Å². The van der Waals surface area contributed by atoms with Gasteiger partial charge in [-0.05, 0) is 24.5 Å². The van der Waals surface area contributed by atoms with E-state index in [0.717, 1.165) is 12.5 Å². The van der Waals surface area contributed by atoms with Crippen molar-refractivity contribution >= 4 is 5.91 Å². The zero-order valence-electron chi connectivity index (χ0n) is 12.9. The lowest BCUT2D eigenvalue weighted by Crippen LogP contribution is -2.45. The third-order valence-corrected chi connectivity index (χ3v) is 4.12. The Hall–Kier alpha value is -1.73. The van der Waals surface area contributed by atoms with Gasteiger partial charge in [0.25, 0.3) is 0 Å². The van der Waals surface area contributed by atoms with Crippen LogP contribution >= 0.6 is 0 Å². The van der Waals surface area contributed by atoms with E-state index in [1.54, 1.807) is 0 Å². The van der Waals surface area contributed by atoms with Gasteiger partial charge >= 0.3 is 0 Å². The monoisotopic (exact) mass is 313 g/mol. The third-order valence-electron chi connectivity index (χ3n) is 4.12. The van der Waals surface area contributed by atoms with Crippen LogP contribution in [0.5, 0.6) is 5.75 Å². The molecule has 3 atom stereocenters. The zero-order valence-corrected chi connectivity index (χ0v) is 12.9. The molecule has 7 heteroatoms. The first-order chi connectivity index (χ1) is 10.5. The second-order valence-corrected chi connectivity index (χ2v) is 5.40. The van der Waals surface area contributed by atoms with Crippen molar-refractivity contribution in [2.45, 2.75) is 38.9 Å². The van der Waals surface area contributed by atoms with Gasteiger partial charge in [0.2, 0.25) is 5.91 Å². The van der Waals surface area contributed by atoms with Crippen molar-refractivity contribution in [1.29, 1.82) is 0 Å². The Labute approximate surface area is 128 Å². The van der Waals surface area contributed by atoms with Gasteiger partial charge in [-0.3, -0.25) is 10.2 Å². The van der Waals surface area contributed by atoms with Gasteiger partial charge in [-0.1, -0.05) is 13.8 Å². The van der Waals surface area contributed by atoms with Crippen molar-refractivity contribution < 1.29 is 18.3 Å². The molecule has 1 aromatic rings. The summed E-state index contributed by atoms with van der Waals surface area (Å²) in [5.41, 5.74) is 5.76. The Kier molecular flexibility index (Phi) is 5.31. The molecule has 0 radical (unpaired) electrons. The predicted octanol–water partition coefficient (Wildman–Crippen LogP) is 1.48. The molecule has 1 aliphatic heterocycles. The highest BCUT2D eigenvalue weighted by Crippen LogP contribution is 2.23. The summed E-state index contributed by atoms with van der Waals surface area (Å²) in [5.74, 6) is -1.76. The minimum Gasteiger partial charge on any atom is -0.494 e. The van der Waals surface area contributed by atoms with E-state index in [-0.39, 0.29) is 35.7 Å². The molecule has 1 aliphatic rings. The van der Waals surface area contributed by atoms with Crippen LogP contribution in [0.3, 0.4) is 0 Å². The lowest BCUT2D eigenvalue weighted by molar-refractivity contribution is -0.123. The maximum absolute atomic E-state index is 14.0. The predicted molar refractivity (Wildman–Crippen MR) is 78.1 cm³/mol. The molecule has 0 bridgehead atoms. The van der Waals surface area contributed by atoms with Crippen LogP contribution in [-0.2, 0) is 11.3 Å². The fourth-order valence-corrected chi connectivity index (χ4v) is 2.65. The maximum atomic E-state index is 14.0. The molecule has 1 aromatic carbocycles. The van der Waals surface area contributed by atoms with Crippen molar-refractivity contribution in [2.24, 2.45) is 5.92 Å². The number of methoxy groups -OCH3 is 1. The van der Waals surface area contributed by atoms with E-state index in [0.29, 0.717) is 0 Å². The van der Waals surface area contributed by atoms with Gasteiger partial charge in [0.05, 0.1) is 7.11 Å². The molecule has 1 fully saturated rings. The molecule has 122 valence electrons. The SMILES string of the molecule is CCC1NNC(C(=O)NCc2c(F)ccc(OC)c2F)C1C. The smallest absolute Gasteiger partial charge is 0.239 e. The number of nitrogens with one attached hydrogen (secondary N) is 3. The summed E-state index contributed by atoms with van der Waals surface area (Å²) in [4.78, 5) is 12.2. The Balaban J connectivity index is 2.03. The minimum atomic E-state index is -0.792. The Morgan fingerprint density at radius 3 is 2.68 bits per heavy atom. The van der Waals surface area contributed by atoms with E-state index >= 15 is 0 Å². The van der Waals surface area contributed by atoms with Crippen LogP contribution in [0.4, 0.5) is 8.78 Å². The van der Waals surface area contributed by atoms with Crippen LogP contribution in [0.2, 0.25) is 0 Å². The highest BCUT2D eigenvalue weighted by Gasteiger charge is 2.35. The van der Waals surface area contributed by atoms with E-state index in [1.807, 2.05) is 13.8 Å². The Morgan fingerprint density at radius 1 is 1.36 bits per heavy atom. The van der Waals surface area contributed by atoms with Crippen LogP contribution in [-0.4, -0.2) is 25.1 Å². The zero-order chi connectivity index (χ0) is 16.3. The van der Waals surface area contributed by atoms with Crippen LogP contribution in [0, 0.1) is 17.6 Å². The minimum absolute atomic E-state index is 0.0503. The van der Waals surface area contributed by atoms with Crippen LogP contribution in [0.15, 0.2) is 12.1 Å². The van der Waals surface area contributed by atoms with E-state index in [2.05, 4.69) is 16.2 Å². The summed E-state index contributed by atoms with van der Waals surface area (Å²) < 4.78 is 32.5. The number of benzene rings is 1. The number of carbonyl (C=O) groups is 1. The molecule has 22 heavy (non-hydrogen) atoms. The summed E-state index contributed by atoms with van der Waals surface area (Å²) >= 11 is 0. The number of carbonyl (C=O) groups excluding carboxylic acids is 1. The van der Waals surface area contributed by atoms with Crippen LogP contribution in [0.25, 0.3) is 0 Å². The quantitative estimate of drug-likeness (QED) is 0.770. The lowest BCUT2D eigenvalue weighted by Gasteiger charge is -2.17. The standard InChI is InChI=1S/C15H21F2N3O2/c1-4-11-8(2)14(20-19-11)15(21)18-7-9-10(16)5-6-12(22-3)13(9)17/h5-6,8,11,14,19-20H,4,7H2,1-3H3,(H,18,21). The normalized spacial score (nSPS) is 24.3. The molecule has 3 N–H and O–H groups in total. The summed E-state index contributed by atoms with van der Waals surface area (Å²) in [6.07, 6.45) is 0.886. The molecule has 2 rings (SSSR count). The average Bonchev–Trinajstić information content (AvgIpc) is 2.88. The first-order valence-electron chi connectivity index (χ1n) is 7.29. The number of rotatable bonds is 5. The first-order valence-corrected chi connectivity index (χ1v) is 7.29. The average molecular weight is 313 g/mol. The molecule has 0 saturated carbocycles. The molecule has 3 unspecified atom stereocenters. The van der Waals surface area contributed by atoms with Gasteiger partial charge in [0, 0.05) is 18.2 Å². The topological polar surface area (TPSA) is 62.4 Å². The van der Waals surface area contributed by atoms with E-state index in [9.17, 15) is 13.6 Å². The second kappa shape index (κ2) is 7.02. The highest BCUT2D eigenvalue weighted by molar-refractivity contribution is 5.82. The van der Waals surface area contributed by atoms with Crippen molar-refractivity contribution in [3.05, 3.63) is 29.3 Å². The van der Waals surface area contributed by atoms with Gasteiger partial charge in [0.15, 0.2) is 11.6 Å². The number of halogens is 2. The number of hydrazine groups is 1. The number of hydrogen-bond acceptors (Lipinski definition) is 4. The maximum Gasteiger partial charge on any atom is 0.239 e. The molecule has 0 aliphatic carbocycles. The Morgan fingerprint density at radius 2 is 2.09 bits per heavy atom. The molecule has 5 nitrogen and oxygen atoms in total. The number of amides is 1. The van der Waals surface area contributed by atoms with Gasteiger partial charge in [-0.2, -0.15) is 0 Å². The molecule has 1 amide bonds. The summed E-state index contributed by atoms with van der Waals surface area (Å²) in [6.45, 7) is 3.75. The second-order valence-electron chi connectivity index (χ2n) is 5.40. The van der Waals surface area contributed by atoms with E-state index in [1.165, 1.54) is 13.2 Å². The lowest BCUT2D eigenvalue weighted by atomic mass is 9.94. The van der Waals surface area contributed by atoms with Gasteiger partial charge in [-0.25, -0.2) is 14.2 Å². The van der Waals surface area contributed by atoms with E-state index < -0.39 is 17.7 Å². The fourth-order valence-electron chi connectivity index (χ4n) is 2.65. The highest BCUT2D eigenvalue weighted by atomic mass is 19.1. The van der Waals surface area contributed by atoms with Crippen LogP contribution < -0.4 is 20.9 Å². The number of hydrogen-bond donors (Lipinski definition) is 3. The fraction of sp³-hybridized carbons (Fsp3) is 0.533. The van der Waals surface area contributed by atoms with Gasteiger partial charge in [-0.15, -0.1) is 0 Å². The molecule has 1 heterocycles. The molecular weight excluding hydrogens is 292 g/mol. The van der Waals surface area contributed by atoms with Crippen molar-refractivity contribution in [2.75, 3.05) is 7.11 Å². The van der Waals surface area contributed by atoms with E-state index in [4.69, 9.17) is 4.74 Å². The van der Waals surface area contributed by atoms with Crippen molar-refractivity contribution in [1.82, 2.24) is 16.2 Å². The van der Waals surface area contributed by atoms with Crippen molar-refractivity contribution in [3.8, 4) is 5.75 Å². The first kappa shape index (κ1) is 16.6. The molecule has 0 spiro atoms. The summed E-state index contributed by atoms with van der Waals surface area (Å²) in [7, 11) is 1.30. The van der Waals surface area contributed by atoms with Crippen molar-refractivity contribution in [3.63, 3.8) is 0 Å². The Bertz CT molecular complexity index is 554. The number of ether oxygens (including phenoxy) is 1. The van der Waals surface area contributed by atoms with Gasteiger partial charge in [0.1, 0.15) is 11.9 Å². The third kappa shape index (κ3) is 3.20.